The summed E-state index contributed by atoms with van der Waals surface area (Å²) >= 11 is 3.34. The molecule has 0 bridgehead atoms. The maximum Gasteiger partial charge on any atom is 0.271 e. The first-order valence-electron chi connectivity index (χ1n) is 6.67. The van der Waals surface area contributed by atoms with Crippen LogP contribution >= 0.6 is 15.9 Å². The summed E-state index contributed by atoms with van der Waals surface area (Å²) in [5.41, 5.74) is 4.77. The Morgan fingerprint density at radius 2 is 1.95 bits per heavy atom. The molecule has 0 aliphatic heterocycles. The Morgan fingerprint density at radius 3 is 2.82 bits per heavy atom. The molecule has 1 N–H and O–H groups in total. The predicted molar refractivity (Wildman–Crippen MR) is 90.9 cm³/mol. The van der Waals surface area contributed by atoms with Crippen LogP contribution in [0.4, 0.5) is 0 Å². The molecular formula is C17H12BrN3O. The van der Waals surface area contributed by atoms with E-state index in [9.17, 15) is 4.79 Å². The number of carbonyl (C=O) groups excluding carboxylic acids is 1. The monoisotopic (exact) mass is 353 g/mol. The van der Waals surface area contributed by atoms with Gasteiger partial charge in [0.15, 0.2) is 0 Å². The number of hydrazone groups is 1. The molecular weight excluding hydrogens is 342 g/mol. The quantitative estimate of drug-likeness (QED) is 0.575. The second-order valence-electron chi connectivity index (χ2n) is 4.63. The first-order chi connectivity index (χ1) is 10.7. The fraction of sp³-hybridized carbons (Fsp3) is 0. The van der Waals surface area contributed by atoms with E-state index in [0.717, 1.165) is 20.9 Å². The number of nitrogens with zero attached hydrogens (tertiary/aromatic N) is 2. The average Bonchev–Trinajstić information content (AvgIpc) is 2.55. The molecule has 3 rings (SSSR count). The standard InChI is InChI=1S/C17H12BrN3O/c18-15-8-2-5-13(10-15)17(22)21-20-11-14-6-1-4-12-7-3-9-19-16(12)14/h1-11H,(H,21,22)/b20-11-. The van der Waals surface area contributed by atoms with Gasteiger partial charge < -0.3 is 0 Å². The van der Waals surface area contributed by atoms with E-state index in [1.165, 1.54) is 0 Å². The summed E-state index contributed by atoms with van der Waals surface area (Å²) in [6.45, 7) is 0. The molecule has 0 spiro atoms. The maximum absolute atomic E-state index is 12.0. The number of carbonyl (C=O) groups is 1. The highest BCUT2D eigenvalue weighted by Crippen LogP contribution is 2.14. The van der Waals surface area contributed by atoms with Gasteiger partial charge in [-0.2, -0.15) is 5.10 Å². The molecule has 1 heterocycles. The molecule has 0 radical (unpaired) electrons. The zero-order chi connectivity index (χ0) is 15.4. The Labute approximate surface area is 136 Å². The van der Waals surface area contributed by atoms with Crippen LogP contribution in [0.3, 0.4) is 0 Å². The molecule has 0 fully saturated rings. The Hall–Kier alpha value is -2.53. The van der Waals surface area contributed by atoms with Crippen LogP contribution in [0.1, 0.15) is 15.9 Å². The number of hydrogen-bond donors (Lipinski definition) is 1. The third-order valence-corrected chi connectivity index (χ3v) is 3.61. The van der Waals surface area contributed by atoms with Gasteiger partial charge in [-0.1, -0.05) is 46.3 Å². The van der Waals surface area contributed by atoms with Crippen LogP contribution in [0.25, 0.3) is 10.9 Å². The molecule has 2 aromatic carbocycles. The highest BCUT2D eigenvalue weighted by Gasteiger charge is 2.04. The number of para-hydroxylation sites is 1. The minimum absolute atomic E-state index is 0.259. The van der Waals surface area contributed by atoms with Gasteiger partial charge in [0, 0.05) is 27.2 Å². The minimum Gasteiger partial charge on any atom is -0.267 e. The molecule has 0 aliphatic rings. The van der Waals surface area contributed by atoms with Crippen molar-refractivity contribution in [1.82, 2.24) is 10.4 Å². The SMILES string of the molecule is O=C(N/N=C\c1cccc2cccnc12)c1cccc(Br)c1. The summed E-state index contributed by atoms with van der Waals surface area (Å²) in [5, 5.41) is 5.05. The van der Waals surface area contributed by atoms with Gasteiger partial charge in [-0.25, -0.2) is 5.43 Å². The molecule has 0 aliphatic carbocycles. The molecule has 3 aromatic rings. The van der Waals surface area contributed by atoms with Crippen molar-refractivity contribution < 1.29 is 4.79 Å². The number of halogens is 1. The van der Waals surface area contributed by atoms with Crippen LogP contribution in [0, 0.1) is 0 Å². The molecule has 1 aromatic heterocycles. The number of fused-ring (bicyclic) bond motifs is 1. The number of benzene rings is 2. The summed E-state index contributed by atoms with van der Waals surface area (Å²) in [4.78, 5) is 16.3. The van der Waals surface area contributed by atoms with Crippen LogP contribution in [-0.4, -0.2) is 17.1 Å². The average molecular weight is 354 g/mol. The highest BCUT2D eigenvalue weighted by atomic mass is 79.9. The van der Waals surface area contributed by atoms with Crippen molar-refractivity contribution in [1.29, 1.82) is 0 Å². The second kappa shape index (κ2) is 6.49. The van der Waals surface area contributed by atoms with E-state index in [0.29, 0.717) is 5.56 Å². The van der Waals surface area contributed by atoms with Crippen LogP contribution < -0.4 is 5.43 Å². The first kappa shape index (κ1) is 14.4. The third-order valence-electron chi connectivity index (χ3n) is 3.12. The fourth-order valence-corrected chi connectivity index (χ4v) is 2.49. The smallest absolute Gasteiger partial charge is 0.267 e. The number of amides is 1. The van der Waals surface area contributed by atoms with E-state index < -0.39 is 0 Å². The Kier molecular flexibility index (Phi) is 4.25. The van der Waals surface area contributed by atoms with Gasteiger partial charge >= 0.3 is 0 Å². The highest BCUT2D eigenvalue weighted by molar-refractivity contribution is 9.10. The zero-order valence-corrected chi connectivity index (χ0v) is 13.1. The van der Waals surface area contributed by atoms with Crippen LogP contribution in [-0.2, 0) is 0 Å². The van der Waals surface area contributed by atoms with Gasteiger partial charge in [-0.05, 0) is 24.3 Å². The van der Waals surface area contributed by atoms with Gasteiger partial charge in [0.25, 0.3) is 5.91 Å². The predicted octanol–water partition coefficient (Wildman–Crippen LogP) is 3.76. The first-order valence-corrected chi connectivity index (χ1v) is 7.46. The Bertz CT molecular complexity index is 856. The van der Waals surface area contributed by atoms with Gasteiger partial charge in [0.2, 0.25) is 0 Å². The lowest BCUT2D eigenvalue weighted by atomic mass is 10.1. The number of pyridine rings is 1. The van der Waals surface area contributed by atoms with E-state index >= 15 is 0 Å². The lowest BCUT2D eigenvalue weighted by Crippen LogP contribution is -2.17. The summed E-state index contributed by atoms with van der Waals surface area (Å²) in [5.74, 6) is -0.259. The van der Waals surface area contributed by atoms with Gasteiger partial charge in [-0.15, -0.1) is 0 Å². The molecule has 108 valence electrons. The number of nitrogens with one attached hydrogen (secondary N) is 1. The summed E-state index contributed by atoms with van der Waals surface area (Å²) in [7, 11) is 0. The molecule has 1 amide bonds. The lowest BCUT2D eigenvalue weighted by molar-refractivity contribution is 0.0955. The van der Waals surface area contributed by atoms with Crippen molar-refractivity contribution in [2.45, 2.75) is 0 Å². The summed E-state index contributed by atoms with van der Waals surface area (Å²) in [6, 6.07) is 16.8. The molecule has 4 nitrogen and oxygen atoms in total. The van der Waals surface area contributed by atoms with Crippen molar-refractivity contribution in [2.24, 2.45) is 5.10 Å². The van der Waals surface area contributed by atoms with Gasteiger partial charge in [0.1, 0.15) is 0 Å². The van der Waals surface area contributed by atoms with Crippen LogP contribution in [0.5, 0.6) is 0 Å². The van der Waals surface area contributed by atoms with E-state index in [1.807, 2.05) is 36.4 Å². The number of aromatic nitrogens is 1. The second-order valence-corrected chi connectivity index (χ2v) is 5.55. The van der Waals surface area contributed by atoms with Crippen molar-refractivity contribution in [3.63, 3.8) is 0 Å². The van der Waals surface area contributed by atoms with Crippen LogP contribution in [0.2, 0.25) is 0 Å². The molecule has 22 heavy (non-hydrogen) atoms. The Balaban J connectivity index is 1.78. The van der Waals surface area contributed by atoms with Crippen LogP contribution in [0.15, 0.2) is 70.4 Å². The normalized spacial score (nSPS) is 11.0. The largest absolute Gasteiger partial charge is 0.271 e. The maximum atomic E-state index is 12.0. The van der Waals surface area contributed by atoms with Crippen molar-refractivity contribution in [2.75, 3.05) is 0 Å². The summed E-state index contributed by atoms with van der Waals surface area (Å²) in [6.07, 6.45) is 3.34. The van der Waals surface area contributed by atoms with E-state index in [-0.39, 0.29) is 5.91 Å². The molecule has 0 unspecified atom stereocenters. The van der Waals surface area contributed by atoms with Crippen molar-refractivity contribution in [3.8, 4) is 0 Å². The van der Waals surface area contributed by atoms with E-state index in [1.54, 1.807) is 30.6 Å². The molecule has 0 saturated carbocycles. The van der Waals surface area contributed by atoms with E-state index in [4.69, 9.17) is 0 Å². The summed E-state index contributed by atoms with van der Waals surface area (Å²) < 4.78 is 0.849. The minimum atomic E-state index is -0.259. The third kappa shape index (κ3) is 3.20. The molecule has 5 heteroatoms. The van der Waals surface area contributed by atoms with Gasteiger partial charge in [-0.3, -0.25) is 9.78 Å². The van der Waals surface area contributed by atoms with E-state index in [2.05, 4.69) is 31.4 Å². The molecule has 0 saturated heterocycles. The lowest BCUT2D eigenvalue weighted by Gasteiger charge is -2.02. The zero-order valence-electron chi connectivity index (χ0n) is 11.5. The number of hydrogen-bond acceptors (Lipinski definition) is 3. The molecule has 0 atom stereocenters. The Morgan fingerprint density at radius 1 is 1.14 bits per heavy atom. The number of rotatable bonds is 3. The van der Waals surface area contributed by atoms with Crippen molar-refractivity contribution >= 4 is 39.0 Å². The topological polar surface area (TPSA) is 54.4 Å². The van der Waals surface area contributed by atoms with Crippen molar-refractivity contribution in [3.05, 3.63) is 76.4 Å². The fourth-order valence-electron chi connectivity index (χ4n) is 2.09. The van der Waals surface area contributed by atoms with Gasteiger partial charge in [0.05, 0.1) is 11.7 Å².